The Bertz CT molecular complexity index is 444. The van der Waals surface area contributed by atoms with E-state index >= 15 is 0 Å². The molecule has 1 N–H and O–H groups in total. The number of nitrogens with zero attached hydrogens (tertiary/aromatic N) is 2. The standard InChI is InChI=1S/C14H22BrN3O/c1-3-6-17-9-11(15)8-13(17)14(19)18-7-4-5-12(10-18)16-2/h8-9,12,16H,3-7,10H2,1-2H3. The SMILES string of the molecule is CCCn1cc(Br)cc1C(=O)N1CCCC(NC)C1. The van der Waals surface area contributed by atoms with Crippen molar-refractivity contribution in [3.63, 3.8) is 0 Å². The number of halogens is 1. The predicted octanol–water partition coefficient (Wildman–Crippen LogP) is 2.48. The van der Waals surface area contributed by atoms with Gasteiger partial charge in [-0.15, -0.1) is 0 Å². The Morgan fingerprint density at radius 2 is 2.37 bits per heavy atom. The lowest BCUT2D eigenvalue weighted by atomic mass is 10.1. The summed E-state index contributed by atoms with van der Waals surface area (Å²) in [6.45, 7) is 4.69. The fraction of sp³-hybridized carbons (Fsp3) is 0.643. The van der Waals surface area contributed by atoms with Gasteiger partial charge in [0, 0.05) is 36.3 Å². The van der Waals surface area contributed by atoms with Gasteiger partial charge in [0.15, 0.2) is 0 Å². The Labute approximate surface area is 123 Å². The molecular weight excluding hydrogens is 306 g/mol. The van der Waals surface area contributed by atoms with Crippen LogP contribution in [0, 0.1) is 0 Å². The van der Waals surface area contributed by atoms with E-state index in [1.165, 1.54) is 0 Å². The van der Waals surface area contributed by atoms with E-state index in [0.717, 1.165) is 49.1 Å². The van der Waals surface area contributed by atoms with Crippen LogP contribution in [-0.4, -0.2) is 41.6 Å². The van der Waals surface area contributed by atoms with Crippen LogP contribution in [0.15, 0.2) is 16.7 Å². The molecule has 0 bridgehead atoms. The number of aryl methyl sites for hydroxylation is 1. The number of likely N-dealkylation sites (N-methyl/N-ethyl adjacent to an activating group) is 1. The first kappa shape index (κ1) is 14.6. The summed E-state index contributed by atoms with van der Waals surface area (Å²) >= 11 is 3.47. The van der Waals surface area contributed by atoms with Crippen LogP contribution >= 0.6 is 15.9 Å². The minimum Gasteiger partial charge on any atom is -0.342 e. The van der Waals surface area contributed by atoms with Gasteiger partial charge < -0.3 is 14.8 Å². The highest BCUT2D eigenvalue weighted by molar-refractivity contribution is 9.10. The Morgan fingerprint density at radius 3 is 3.05 bits per heavy atom. The zero-order valence-electron chi connectivity index (χ0n) is 11.7. The van der Waals surface area contributed by atoms with Crippen molar-refractivity contribution >= 4 is 21.8 Å². The summed E-state index contributed by atoms with van der Waals surface area (Å²) in [5.74, 6) is 0.152. The summed E-state index contributed by atoms with van der Waals surface area (Å²) in [6.07, 6.45) is 5.25. The lowest BCUT2D eigenvalue weighted by Crippen LogP contribution is -2.47. The maximum absolute atomic E-state index is 12.6. The molecule has 0 aliphatic carbocycles. The first-order chi connectivity index (χ1) is 9.15. The topological polar surface area (TPSA) is 37.3 Å². The molecule has 1 aliphatic rings. The fourth-order valence-electron chi connectivity index (χ4n) is 2.64. The van der Waals surface area contributed by atoms with Crippen LogP contribution in [0.2, 0.25) is 0 Å². The number of rotatable bonds is 4. The molecule has 106 valence electrons. The van der Waals surface area contributed by atoms with Gasteiger partial charge in [-0.25, -0.2) is 0 Å². The molecule has 2 rings (SSSR count). The molecule has 1 amide bonds. The lowest BCUT2D eigenvalue weighted by Gasteiger charge is -2.32. The van der Waals surface area contributed by atoms with Crippen LogP contribution in [-0.2, 0) is 6.54 Å². The summed E-state index contributed by atoms with van der Waals surface area (Å²) < 4.78 is 3.03. The minimum absolute atomic E-state index is 0.152. The molecule has 1 atom stereocenters. The van der Waals surface area contributed by atoms with Crippen molar-refractivity contribution in [2.75, 3.05) is 20.1 Å². The number of hydrogen-bond acceptors (Lipinski definition) is 2. The normalized spacial score (nSPS) is 19.7. The summed E-state index contributed by atoms with van der Waals surface area (Å²) in [4.78, 5) is 14.6. The molecule has 19 heavy (non-hydrogen) atoms. The summed E-state index contributed by atoms with van der Waals surface area (Å²) in [5.41, 5.74) is 0.797. The van der Waals surface area contributed by atoms with E-state index in [-0.39, 0.29) is 5.91 Å². The number of carbonyl (C=O) groups excluding carboxylic acids is 1. The highest BCUT2D eigenvalue weighted by atomic mass is 79.9. The molecule has 5 heteroatoms. The van der Waals surface area contributed by atoms with Gasteiger partial charge in [-0.05, 0) is 48.3 Å². The number of piperidine rings is 1. The van der Waals surface area contributed by atoms with E-state index in [1.54, 1.807) is 0 Å². The van der Waals surface area contributed by atoms with Crippen molar-refractivity contribution in [2.45, 2.75) is 38.8 Å². The van der Waals surface area contributed by atoms with E-state index in [2.05, 4.69) is 32.7 Å². The molecular formula is C14H22BrN3O. The Balaban J connectivity index is 2.14. The Hall–Kier alpha value is -0.810. The van der Waals surface area contributed by atoms with Gasteiger partial charge in [0.1, 0.15) is 5.69 Å². The van der Waals surface area contributed by atoms with Crippen LogP contribution < -0.4 is 5.32 Å². The van der Waals surface area contributed by atoms with Crippen molar-refractivity contribution < 1.29 is 4.79 Å². The van der Waals surface area contributed by atoms with Gasteiger partial charge in [0.25, 0.3) is 5.91 Å². The lowest BCUT2D eigenvalue weighted by molar-refractivity contribution is 0.0687. The monoisotopic (exact) mass is 327 g/mol. The number of aromatic nitrogens is 1. The number of carbonyl (C=O) groups is 1. The number of amides is 1. The Morgan fingerprint density at radius 1 is 1.58 bits per heavy atom. The largest absolute Gasteiger partial charge is 0.342 e. The van der Waals surface area contributed by atoms with Gasteiger partial charge in [-0.2, -0.15) is 0 Å². The highest BCUT2D eigenvalue weighted by Crippen LogP contribution is 2.19. The third-order valence-corrected chi connectivity index (χ3v) is 4.10. The Kier molecular flexibility index (Phi) is 5.05. The molecule has 1 aromatic heterocycles. The zero-order valence-corrected chi connectivity index (χ0v) is 13.2. The third kappa shape index (κ3) is 3.39. The number of hydrogen-bond donors (Lipinski definition) is 1. The van der Waals surface area contributed by atoms with Crippen LogP contribution in [0.4, 0.5) is 0 Å². The molecule has 2 heterocycles. The second-order valence-electron chi connectivity index (χ2n) is 5.12. The van der Waals surface area contributed by atoms with Gasteiger partial charge in [-0.3, -0.25) is 4.79 Å². The first-order valence-electron chi connectivity index (χ1n) is 6.98. The van der Waals surface area contributed by atoms with Crippen molar-refractivity contribution in [1.82, 2.24) is 14.8 Å². The molecule has 0 radical (unpaired) electrons. The third-order valence-electron chi connectivity index (χ3n) is 3.66. The van der Waals surface area contributed by atoms with Crippen LogP contribution in [0.3, 0.4) is 0 Å². The molecule has 1 aliphatic heterocycles. The zero-order chi connectivity index (χ0) is 13.8. The average molecular weight is 328 g/mol. The average Bonchev–Trinajstić information content (AvgIpc) is 2.79. The predicted molar refractivity (Wildman–Crippen MR) is 80.4 cm³/mol. The van der Waals surface area contributed by atoms with E-state index in [9.17, 15) is 4.79 Å². The first-order valence-corrected chi connectivity index (χ1v) is 7.77. The molecule has 0 saturated carbocycles. The van der Waals surface area contributed by atoms with E-state index in [1.807, 2.05) is 24.2 Å². The van der Waals surface area contributed by atoms with Crippen molar-refractivity contribution in [2.24, 2.45) is 0 Å². The maximum atomic E-state index is 12.6. The van der Waals surface area contributed by atoms with Gasteiger partial charge in [0.05, 0.1) is 0 Å². The van der Waals surface area contributed by atoms with Crippen molar-refractivity contribution in [3.05, 3.63) is 22.4 Å². The highest BCUT2D eigenvalue weighted by Gasteiger charge is 2.25. The maximum Gasteiger partial charge on any atom is 0.270 e. The second-order valence-corrected chi connectivity index (χ2v) is 6.03. The van der Waals surface area contributed by atoms with E-state index < -0.39 is 0 Å². The summed E-state index contributed by atoms with van der Waals surface area (Å²) in [5, 5.41) is 3.28. The molecule has 1 saturated heterocycles. The molecule has 1 fully saturated rings. The van der Waals surface area contributed by atoms with Gasteiger partial charge in [-0.1, -0.05) is 6.92 Å². The summed E-state index contributed by atoms with van der Waals surface area (Å²) in [6, 6.07) is 2.36. The van der Waals surface area contributed by atoms with Crippen LogP contribution in [0.1, 0.15) is 36.7 Å². The molecule has 0 aromatic carbocycles. The summed E-state index contributed by atoms with van der Waals surface area (Å²) in [7, 11) is 1.97. The smallest absolute Gasteiger partial charge is 0.270 e. The second kappa shape index (κ2) is 6.57. The number of nitrogens with one attached hydrogen (secondary N) is 1. The van der Waals surface area contributed by atoms with Crippen molar-refractivity contribution in [1.29, 1.82) is 0 Å². The van der Waals surface area contributed by atoms with E-state index in [4.69, 9.17) is 0 Å². The van der Waals surface area contributed by atoms with Crippen molar-refractivity contribution in [3.8, 4) is 0 Å². The van der Waals surface area contributed by atoms with Gasteiger partial charge >= 0.3 is 0 Å². The molecule has 0 spiro atoms. The molecule has 1 aromatic rings. The van der Waals surface area contributed by atoms with Gasteiger partial charge in [0.2, 0.25) is 0 Å². The minimum atomic E-state index is 0.152. The number of likely N-dealkylation sites (tertiary alicyclic amines) is 1. The van der Waals surface area contributed by atoms with Crippen LogP contribution in [0.5, 0.6) is 0 Å². The molecule has 1 unspecified atom stereocenters. The molecule has 4 nitrogen and oxygen atoms in total. The quantitative estimate of drug-likeness (QED) is 0.922. The van der Waals surface area contributed by atoms with E-state index in [0.29, 0.717) is 6.04 Å². The van der Waals surface area contributed by atoms with Crippen LogP contribution in [0.25, 0.3) is 0 Å². The fourth-order valence-corrected chi connectivity index (χ4v) is 3.10.